The summed E-state index contributed by atoms with van der Waals surface area (Å²) in [6.45, 7) is 3.54. The van der Waals surface area contributed by atoms with Gasteiger partial charge in [-0.15, -0.1) is 0 Å². The van der Waals surface area contributed by atoms with Gasteiger partial charge in [-0.1, -0.05) is 6.92 Å². The number of hydrogen-bond acceptors (Lipinski definition) is 4. The topological polar surface area (TPSA) is 68.3 Å². The Kier molecular flexibility index (Phi) is 5.41. The zero-order valence-corrected chi connectivity index (χ0v) is 12.9. The summed E-state index contributed by atoms with van der Waals surface area (Å²) in [5, 5.41) is 2.59. The van der Waals surface area contributed by atoms with Crippen molar-refractivity contribution in [2.75, 3.05) is 5.32 Å². The van der Waals surface area contributed by atoms with Crippen molar-refractivity contribution in [3.63, 3.8) is 0 Å². The SMILES string of the molecule is CCC(OC(=O)c1ccc(C)nc1)C(=O)Nc1ccc(F)cc1. The van der Waals surface area contributed by atoms with E-state index in [0.717, 1.165) is 5.69 Å². The van der Waals surface area contributed by atoms with E-state index in [0.29, 0.717) is 12.1 Å². The Hall–Kier alpha value is -2.76. The van der Waals surface area contributed by atoms with Crippen molar-refractivity contribution in [1.29, 1.82) is 0 Å². The molecular formula is C17H17FN2O3. The van der Waals surface area contributed by atoms with Gasteiger partial charge in [0.2, 0.25) is 0 Å². The van der Waals surface area contributed by atoms with Gasteiger partial charge < -0.3 is 10.1 Å². The number of nitrogens with zero attached hydrogens (tertiary/aromatic N) is 1. The standard InChI is InChI=1S/C17H17FN2O3/c1-3-15(16(21)20-14-8-6-13(18)7-9-14)23-17(22)12-5-4-11(2)19-10-12/h4-10,15H,3H2,1-2H3,(H,20,21). The second-order valence-electron chi connectivity index (χ2n) is 4.99. The van der Waals surface area contributed by atoms with E-state index in [4.69, 9.17) is 4.74 Å². The molecular weight excluding hydrogens is 299 g/mol. The van der Waals surface area contributed by atoms with Gasteiger partial charge in [0.1, 0.15) is 5.82 Å². The molecule has 1 heterocycles. The number of esters is 1. The highest BCUT2D eigenvalue weighted by Gasteiger charge is 2.22. The molecule has 0 aliphatic heterocycles. The molecule has 1 N–H and O–H groups in total. The molecule has 0 bridgehead atoms. The van der Waals surface area contributed by atoms with Gasteiger partial charge in [-0.25, -0.2) is 9.18 Å². The van der Waals surface area contributed by atoms with E-state index in [9.17, 15) is 14.0 Å². The summed E-state index contributed by atoms with van der Waals surface area (Å²) in [5.74, 6) is -1.47. The van der Waals surface area contributed by atoms with E-state index in [1.807, 2.05) is 0 Å². The van der Waals surface area contributed by atoms with E-state index in [1.54, 1.807) is 26.0 Å². The molecule has 1 atom stereocenters. The van der Waals surface area contributed by atoms with Crippen LogP contribution in [0, 0.1) is 12.7 Å². The molecule has 5 nitrogen and oxygen atoms in total. The van der Waals surface area contributed by atoms with Crippen molar-refractivity contribution in [2.45, 2.75) is 26.4 Å². The van der Waals surface area contributed by atoms with Gasteiger partial charge in [0.15, 0.2) is 6.10 Å². The molecule has 6 heteroatoms. The molecule has 0 aliphatic rings. The Morgan fingerprint density at radius 1 is 1.22 bits per heavy atom. The first kappa shape index (κ1) is 16.6. The van der Waals surface area contributed by atoms with Crippen LogP contribution in [0.15, 0.2) is 42.6 Å². The summed E-state index contributed by atoms with van der Waals surface area (Å²) < 4.78 is 18.1. The Morgan fingerprint density at radius 3 is 2.48 bits per heavy atom. The van der Waals surface area contributed by atoms with Crippen molar-refractivity contribution in [3.05, 3.63) is 59.7 Å². The first-order valence-corrected chi connectivity index (χ1v) is 7.19. The lowest BCUT2D eigenvalue weighted by atomic mass is 10.2. The average molecular weight is 316 g/mol. The summed E-state index contributed by atoms with van der Waals surface area (Å²) in [7, 11) is 0. The molecule has 0 spiro atoms. The van der Waals surface area contributed by atoms with Gasteiger partial charge in [0.05, 0.1) is 5.56 Å². The number of amides is 1. The summed E-state index contributed by atoms with van der Waals surface area (Å²) >= 11 is 0. The number of rotatable bonds is 5. The van der Waals surface area contributed by atoms with Crippen molar-refractivity contribution in [2.24, 2.45) is 0 Å². The summed E-state index contributed by atoms with van der Waals surface area (Å²) in [6.07, 6.45) is 0.786. The lowest BCUT2D eigenvalue weighted by Crippen LogP contribution is -2.32. The smallest absolute Gasteiger partial charge is 0.340 e. The molecule has 0 saturated heterocycles. The highest BCUT2D eigenvalue weighted by atomic mass is 19.1. The lowest BCUT2D eigenvalue weighted by Gasteiger charge is -2.16. The quantitative estimate of drug-likeness (QED) is 0.861. The van der Waals surface area contributed by atoms with Crippen LogP contribution in [0.1, 0.15) is 29.4 Å². The maximum absolute atomic E-state index is 12.8. The zero-order chi connectivity index (χ0) is 16.8. The molecule has 1 unspecified atom stereocenters. The van der Waals surface area contributed by atoms with Crippen LogP contribution < -0.4 is 5.32 Å². The number of pyridine rings is 1. The van der Waals surface area contributed by atoms with Crippen molar-refractivity contribution in [1.82, 2.24) is 4.98 Å². The molecule has 0 radical (unpaired) electrons. The number of hydrogen-bond donors (Lipinski definition) is 1. The Balaban J connectivity index is 2.00. The van der Waals surface area contributed by atoms with Crippen LogP contribution in [0.4, 0.5) is 10.1 Å². The van der Waals surface area contributed by atoms with Crippen LogP contribution in [0.2, 0.25) is 0 Å². The maximum atomic E-state index is 12.8. The fourth-order valence-corrected chi connectivity index (χ4v) is 1.86. The molecule has 120 valence electrons. The van der Waals surface area contributed by atoms with Gasteiger partial charge in [-0.05, 0) is 49.7 Å². The van der Waals surface area contributed by atoms with E-state index in [-0.39, 0.29) is 5.56 Å². The monoisotopic (exact) mass is 316 g/mol. The molecule has 0 fully saturated rings. The van der Waals surface area contributed by atoms with Crippen LogP contribution in [0.25, 0.3) is 0 Å². The molecule has 1 aromatic heterocycles. The normalized spacial score (nSPS) is 11.6. The van der Waals surface area contributed by atoms with Crippen molar-refractivity contribution in [3.8, 4) is 0 Å². The van der Waals surface area contributed by atoms with E-state index < -0.39 is 23.8 Å². The molecule has 0 saturated carbocycles. The third-order valence-corrected chi connectivity index (χ3v) is 3.17. The summed E-state index contributed by atoms with van der Waals surface area (Å²) in [6, 6.07) is 8.63. The first-order valence-electron chi connectivity index (χ1n) is 7.19. The van der Waals surface area contributed by atoms with Crippen LogP contribution in [0.3, 0.4) is 0 Å². The predicted octanol–water partition coefficient (Wildman–Crippen LogP) is 3.10. The highest BCUT2D eigenvalue weighted by molar-refractivity contribution is 5.97. The van der Waals surface area contributed by atoms with Gasteiger partial charge in [-0.2, -0.15) is 0 Å². The Bertz CT molecular complexity index is 684. The summed E-state index contributed by atoms with van der Waals surface area (Å²) in [4.78, 5) is 28.2. The van der Waals surface area contributed by atoms with Gasteiger partial charge in [0.25, 0.3) is 5.91 Å². The molecule has 1 aromatic carbocycles. The predicted molar refractivity (Wildman–Crippen MR) is 83.5 cm³/mol. The third-order valence-electron chi connectivity index (χ3n) is 3.17. The fourth-order valence-electron chi connectivity index (χ4n) is 1.86. The van der Waals surface area contributed by atoms with Crippen LogP contribution in [-0.2, 0) is 9.53 Å². The number of carbonyl (C=O) groups excluding carboxylic acids is 2. The average Bonchev–Trinajstić information content (AvgIpc) is 2.55. The van der Waals surface area contributed by atoms with E-state index in [2.05, 4.69) is 10.3 Å². The van der Waals surface area contributed by atoms with Gasteiger partial charge in [-0.3, -0.25) is 9.78 Å². The second-order valence-corrected chi connectivity index (χ2v) is 4.99. The number of halogens is 1. The minimum absolute atomic E-state index is 0.281. The Labute approximate surface area is 133 Å². The van der Waals surface area contributed by atoms with Gasteiger partial charge >= 0.3 is 5.97 Å². The third kappa shape index (κ3) is 4.60. The number of nitrogens with one attached hydrogen (secondary N) is 1. The van der Waals surface area contributed by atoms with E-state index >= 15 is 0 Å². The van der Waals surface area contributed by atoms with E-state index in [1.165, 1.54) is 30.5 Å². The first-order chi connectivity index (χ1) is 11.0. The van der Waals surface area contributed by atoms with Gasteiger partial charge in [0, 0.05) is 17.6 Å². The lowest BCUT2D eigenvalue weighted by molar-refractivity contribution is -0.124. The number of benzene rings is 1. The number of carbonyl (C=O) groups is 2. The zero-order valence-electron chi connectivity index (χ0n) is 12.9. The number of ether oxygens (including phenoxy) is 1. The maximum Gasteiger partial charge on any atom is 0.340 e. The highest BCUT2D eigenvalue weighted by Crippen LogP contribution is 2.12. The molecule has 23 heavy (non-hydrogen) atoms. The number of anilines is 1. The fraction of sp³-hybridized carbons (Fsp3) is 0.235. The molecule has 1 amide bonds. The summed E-state index contributed by atoms with van der Waals surface area (Å²) in [5.41, 5.74) is 1.49. The second kappa shape index (κ2) is 7.49. The van der Waals surface area contributed by atoms with Crippen LogP contribution in [-0.4, -0.2) is 23.0 Å². The minimum Gasteiger partial charge on any atom is -0.449 e. The molecule has 2 rings (SSSR count). The van der Waals surface area contributed by atoms with Crippen molar-refractivity contribution >= 4 is 17.6 Å². The molecule has 2 aromatic rings. The van der Waals surface area contributed by atoms with Crippen LogP contribution >= 0.6 is 0 Å². The van der Waals surface area contributed by atoms with Crippen molar-refractivity contribution < 1.29 is 18.7 Å². The van der Waals surface area contributed by atoms with Crippen LogP contribution in [0.5, 0.6) is 0 Å². The largest absolute Gasteiger partial charge is 0.449 e. The number of aromatic nitrogens is 1. The Morgan fingerprint density at radius 2 is 1.91 bits per heavy atom. The molecule has 0 aliphatic carbocycles. The number of aryl methyl sites for hydroxylation is 1. The minimum atomic E-state index is -0.936.